The minimum Gasteiger partial charge on any atom is -0.467 e. The standard InChI is InChI=1S/C17H20N2O4/c1-10(2)13(17(21)22-4)18-15(20)14-11(3)23-16(19-14)12-8-6-5-7-9-12/h5-10,13H,1-4H3,(H,18,20). The van der Waals surface area contributed by atoms with Gasteiger partial charge in [-0.05, 0) is 25.0 Å². The van der Waals surface area contributed by atoms with Gasteiger partial charge in [-0.1, -0.05) is 32.0 Å². The number of methoxy groups -OCH3 is 1. The number of nitrogens with zero attached hydrogens (tertiary/aromatic N) is 1. The third-order valence-corrected chi connectivity index (χ3v) is 3.44. The Kier molecular flexibility index (Phi) is 5.16. The number of rotatable bonds is 5. The summed E-state index contributed by atoms with van der Waals surface area (Å²) in [4.78, 5) is 28.4. The highest BCUT2D eigenvalue weighted by molar-refractivity contribution is 5.96. The van der Waals surface area contributed by atoms with Gasteiger partial charge in [-0.3, -0.25) is 4.79 Å². The quantitative estimate of drug-likeness (QED) is 0.857. The molecule has 0 spiro atoms. The van der Waals surface area contributed by atoms with Gasteiger partial charge in [-0.15, -0.1) is 0 Å². The fourth-order valence-electron chi connectivity index (χ4n) is 2.15. The third-order valence-electron chi connectivity index (χ3n) is 3.44. The maximum absolute atomic E-state index is 12.4. The molecule has 23 heavy (non-hydrogen) atoms. The summed E-state index contributed by atoms with van der Waals surface area (Å²) in [7, 11) is 1.29. The summed E-state index contributed by atoms with van der Waals surface area (Å²) in [5.74, 6) is -0.288. The molecule has 1 atom stereocenters. The van der Waals surface area contributed by atoms with Crippen LogP contribution in [0.5, 0.6) is 0 Å². The van der Waals surface area contributed by atoms with Crippen LogP contribution in [-0.2, 0) is 9.53 Å². The van der Waals surface area contributed by atoms with E-state index in [0.29, 0.717) is 11.7 Å². The summed E-state index contributed by atoms with van der Waals surface area (Å²) in [6, 6.07) is 8.57. The molecule has 6 nitrogen and oxygen atoms in total. The van der Waals surface area contributed by atoms with E-state index < -0.39 is 17.9 Å². The fourth-order valence-corrected chi connectivity index (χ4v) is 2.15. The number of carbonyl (C=O) groups is 2. The van der Waals surface area contributed by atoms with Gasteiger partial charge in [0.1, 0.15) is 11.8 Å². The molecule has 2 rings (SSSR count). The molecular weight excluding hydrogens is 296 g/mol. The second kappa shape index (κ2) is 7.09. The van der Waals surface area contributed by atoms with Crippen LogP contribution >= 0.6 is 0 Å². The summed E-state index contributed by atoms with van der Waals surface area (Å²) >= 11 is 0. The SMILES string of the molecule is COC(=O)C(NC(=O)c1nc(-c2ccccc2)oc1C)C(C)C. The van der Waals surface area contributed by atoms with Crippen molar-refractivity contribution in [1.29, 1.82) is 0 Å². The van der Waals surface area contributed by atoms with Crippen LogP contribution in [0.2, 0.25) is 0 Å². The molecule has 1 aromatic carbocycles. The fraction of sp³-hybridized carbons (Fsp3) is 0.353. The maximum Gasteiger partial charge on any atom is 0.328 e. The average Bonchev–Trinajstić information content (AvgIpc) is 2.94. The second-order valence-electron chi connectivity index (χ2n) is 5.51. The monoisotopic (exact) mass is 316 g/mol. The van der Waals surface area contributed by atoms with Gasteiger partial charge >= 0.3 is 5.97 Å². The Morgan fingerprint density at radius 1 is 1.22 bits per heavy atom. The van der Waals surface area contributed by atoms with Crippen molar-refractivity contribution in [3.63, 3.8) is 0 Å². The highest BCUT2D eigenvalue weighted by Crippen LogP contribution is 2.21. The van der Waals surface area contributed by atoms with Crippen LogP contribution in [0, 0.1) is 12.8 Å². The number of aryl methyl sites for hydroxylation is 1. The van der Waals surface area contributed by atoms with Crippen molar-refractivity contribution in [3.8, 4) is 11.5 Å². The van der Waals surface area contributed by atoms with Gasteiger partial charge in [0, 0.05) is 5.56 Å². The lowest BCUT2D eigenvalue weighted by Crippen LogP contribution is -2.45. The Bertz CT molecular complexity index is 692. The molecule has 0 saturated carbocycles. The number of esters is 1. The van der Waals surface area contributed by atoms with E-state index in [9.17, 15) is 9.59 Å². The largest absolute Gasteiger partial charge is 0.467 e. The van der Waals surface area contributed by atoms with Gasteiger partial charge in [0.2, 0.25) is 5.89 Å². The first kappa shape index (κ1) is 16.7. The van der Waals surface area contributed by atoms with Crippen molar-refractivity contribution < 1.29 is 18.7 Å². The lowest BCUT2D eigenvalue weighted by molar-refractivity contribution is -0.144. The molecule has 0 aliphatic heterocycles. The summed E-state index contributed by atoms with van der Waals surface area (Å²) in [5.41, 5.74) is 0.946. The molecule has 0 radical (unpaired) electrons. The van der Waals surface area contributed by atoms with Crippen molar-refractivity contribution in [3.05, 3.63) is 41.8 Å². The first-order valence-electron chi connectivity index (χ1n) is 7.35. The van der Waals surface area contributed by atoms with E-state index in [1.54, 1.807) is 6.92 Å². The molecule has 6 heteroatoms. The number of nitrogens with one attached hydrogen (secondary N) is 1. The molecule has 0 aliphatic rings. The summed E-state index contributed by atoms with van der Waals surface area (Å²) < 4.78 is 10.3. The predicted octanol–water partition coefficient (Wildman–Crippen LogP) is 2.58. The normalized spacial score (nSPS) is 12.0. The molecule has 0 aliphatic carbocycles. The van der Waals surface area contributed by atoms with Gasteiger partial charge < -0.3 is 14.5 Å². The zero-order valence-corrected chi connectivity index (χ0v) is 13.6. The Balaban J connectivity index is 2.23. The zero-order valence-electron chi connectivity index (χ0n) is 13.6. The minimum absolute atomic E-state index is 0.104. The number of hydrogen-bond acceptors (Lipinski definition) is 5. The lowest BCUT2D eigenvalue weighted by Gasteiger charge is -2.19. The molecule has 1 N–H and O–H groups in total. The number of ether oxygens (including phenoxy) is 1. The highest BCUT2D eigenvalue weighted by atomic mass is 16.5. The highest BCUT2D eigenvalue weighted by Gasteiger charge is 2.27. The Morgan fingerprint density at radius 2 is 1.87 bits per heavy atom. The van der Waals surface area contributed by atoms with E-state index >= 15 is 0 Å². The topological polar surface area (TPSA) is 81.4 Å². The Hall–Kier alpha value is -2.63. The second-order valence-corrected chi connectivity index (χ2v) is 5.51. The first-order valence-corrected chi connectivity index (χ1v) is 7.35. The van der Waals surface area contributed by atoms with Gasteiger partial charge in [0.15, 0.2) is 5.69 Å². The third kappa shape index (κ3) is 3.77. The van der Waals surface area contributed by atoms with Crippen molar-refractivity contribution >= 4 is 11.9 Å². The maximum atomic E-state index is 12.4. The van der Waals surface area contributed by atoms with Crippen molar-refractivity contribution in [2.75, 3.05) is 7.11 Å². The van der Waals surface area contributed by atoms with Crippen LogP contribution in [0.1, 0.15) is 30.1 Å². The minimum atomic E-state index is -0.733. The van der Waals surface area contributed by atoms with E-state index in [-0.39, 0.29) is 11.6 Å². The van der Waals surface area contributed by atoms with Crippen LogP contribution in [0.4, 0.5) is 0 Å². The molecule has 122 valence electrons. The zero-order chi connectivity index (χ0) is 17.0. The van der Waals surface area contributed by atoms with Crippen LogP contribution in [-0.4, -0.2) is 30.0 Å². The molecule has 1 amide bonds. The van der Waals surface area contributed by atoms with E-state index in [2.05, 4.69) is 10.3 Å². The van der Waals surface area contributed by atoms with E-state index in [0.717, 1.165) is 5.56 Å². The van der Waals surface area contributed by atoms with Gasteiger partial charge in [-0.25, -0.2) is 9.78 Å². The Morgan fingerprint density at radius 3 is 2.43 bits per heavy atom. The predicted molar refractivity (Wildman–Crippen MR) is 84.8 cm³/mol. The molecule has 1 heterocycles. The molecule has 2 aromatic rings. The molecule has 0 fully saturated rings. The number of hydrogen-bond donors (Lipinski definition) is 1. The number of aromatic nitrogens is 1. The van der Waals surface area contributed by atoms with Crippen molar-refractivity contribution in [1.82, 2.24) is 10.3 Å². The summed E-state index contributed by atoms with van der Waals surface area (Å²) in [6.07, 6.45) is 0. The van der Waals surface area contributed by atoms with E-state index in [1.165, 1.54) is 7.11 Å². The van der Waals surface area contributed by atoms with Crippen LogP contribution in [0.15, 0.2) is 34.7 Å². The van der Waals surface area contributed by atoms with Crippen molar-refractivity contribution in [2.24, 2.45) is 5.92 Å². The Labute approximate surface area is 134 Å². The van der Waals surface area contributed by atoms with Crippen LogP contribution in [0.25, 0.3) is 11.5 Å². The smallest absolute Gasteiger partial charge is 0.328 e. The first-order chi connectivity index (χ1) is 10.9. The average molecular weight is 316 g/mol. The summed E-state index contributed by atoms with van der Waals surface area (Å²) in [6.45, 7) is 5.32. The number of benzene rings is 1. The molecule has 1 aromatic heterocycles. The van der Waals surface area contributed by atoms with E-state index in [4.69, 9.17) is 9.15 Å². The van der Waals surface area contributed by atoms with Gasteiger partial charge in [-0.2, -0.15) is 0 Å². The van der Waals surface area contributed by atoms with Crippen LogP contribution in [0.3, 0.4) is 0 Å². The van der Waals surface area contributed by atoms with Crippen LogP contribution < -0.4 is 5.32 Å². The number of oxazole rings is 1. The molecule has 0 bridgehead atoms. The van der Waals surface area contributed by atoms with Crippen molar-refractivity contribution in [2.45, 2.75) is 26.8 Å². The lowest BCUT2D eigenvalue weighted by atomic mass is 10.0. The van der Waals surface area contributed by atoms with Gasteiger partial charge in [0.05, 0.1) is 7.11 Å². The number of amides is 1. The number of carbonyl (C=O) groups excluding carboxylic acids is 2. The van der Waals surface area contributed by atoms with E-state index in [1.807, 2.05) is 44.2 Å². The van der Waals surface area contributed by atoms with Gasteiger partial charge in [0.25, 0.3) is 5.91 Å². The molecule has 1 unspecified atom stereocenters. The molecular formula is C17H20N2O4. The summed E-state index contributed by atoms with van der Waals surface area (Å²) in [5, 5.41) is 2.65. The molecule has 0 saturated heterocycles.